The summed E-state index contributed by atoms with van der Waals surface area (Å²) in [5.41, 5.74) is 0.716. The van der Waals surface area contributed by atoms with E-state index in [1.807, 2.05) is 0 Å². The van der Waals surface area contributed by atoms with E-state index in [4.69, 9.17) is 0 Å². The van der Waals surface area contributed by atoms with Crippen LogP contribution in [0.25, 0.3) is 0 Å². The number of nitrogens with one attached hydrogen (secondary N) is 1. The van der Waals surface area contributed by atoms with E-state index in [0.717, 1.165) is 0 Å². The number of alkyl halides is 2. The molecule has 0 spiro atoms. The molecule has 1 N–H and O–H groups in total. The monoisotopic (exact) mass is 329 g/mol. The summed E-state index contributed by atoms with van der Waals surface area (Å²) in [6.45, 7) is -0.507. The van der Waals surface area contributed by atoms with Gasteiger partial charge in [0, 0.05) is 18.6 Å². The van der Waals surface area contributed by atoms with E-state index in [-0.39, 0.29) is 5.69 Å². The highest BCUT2D eigenvalue weighted by Gasteiger charge is 2.14. The Kier molecular flexibility index (Phi) is 4.26. The van der Waals surface area contributed by atoms with Crippen LogP contribution in [0.3, 0.4) is 0 Å². The molecule has 0 aliphatic carbocycles. The summed E-state index contributed by atoms with van der Waals surface area (Å²) in [4.78, 5) is 15.9. The highest BCUT2D eigenvalue weighted by Crippen LogP contribution is 2.20. The lowest BCUT2D eigenvalue weighted by molar-refractivity contribution is 0.0997. The molecule has 1 amide bonds. The van der Waals surface area contributed by atoms with E-state index in [9.17, 15) is 13.6 Å². The normalized spacial score (nSPS) is 10.7. The maximum Gasteiger partial charge on any atom is 0.272 e. The highest BCUT2D eigenvalue weighted by molar-refractivity contribution is 9.10. The van der Waals surface area contributed by atoms with E-state index in [1.54, 1.807) is 12.1 Å². The summed E-state index contributed by atoms with van der Waals surface area (Å²) in [6.07, 6.45) is 2.00. The second-order valence-corrected chi connectivity index (χ2v) is 4.60. The van der Waals surface area contributed by atoms with Gasteiger partial charge in [0.25, 0.3) is 12.3 Å². The third-order valence-electron chi connectivity index (χ3n) is 2.42. The summed E-state index contributed by atoms with van der Waals surface area (Å²) in [5, 5.41) is 2.63. The molecule has 19 heavy (non-hydrogen) atoms. The average molecular weight is 330 g/mol. The van der Waals surface area contributed by atoms with Gasteiger partial charge in [-0.25, -0.2) is 8.78 Å². The van der Waals surface area contributed by atoms with Crippen LogP contribution in [0.15, 0.2) is 41.3 Å². The molecule has 2 rings (SSSR count). The SMILES string of the molecule is O=C(Nc1ccncc1Br)c1cccn1CC(F)F. The van der Waals surface area contributed by atoms with Gasteiger partial charge in [0.1, 0.15) is 5.69 Å². The molecule has 0 radical (unpaired) electrons. The van der Waals surface area contributed by atoms with Crippen molar-refractivity contribution in [2.75, 3.05) is 5.32 Å². The van der Waals surface area contributed by atoms with E-state index in [1.165, 1.54) is 29.2 Å². The molecule has 2 aromatic rings. The Hall–Kier alpha value is -1.76. The first kappa shape index (κ1) is 13.7. The molecule has 0 aliphatic heterocycles. The summed E-state index contributed by atoms with van der Waals surface area (Å²) in [5.74, 6) is -0.447. The van der Waals surface area contributed by atoms with Gasteiger partial charge in [-0.15, -0.1) is 0 Å². The van der Waals surface area contributed by atoms with Crippen molar-refractivity contribution < 1.29 is 13.6 Å². The molecular weight excluding hydrogens is 320 g/mol. The quantitative estimate of drug-likeness (QED) is 0.936. The first-order valence-electron chi connectivity index (χ1n) is 5.42. The molecule has 2 heterocycles. The number of carbonyl (C=O) groups is 1. The van der Waals surface area contributed by atoms with Gasteiger partial charge in [0.2, 0.25) is 0 Å². The minimum Gasteiger partial charge on any atom is -0.338 e. The Balaban J connectivity index is 2.17. The van der Waals surface area contributed by atoms with Crippen LogP contribution in [0.2, 0.25) is 0 Å². The summed E-state index contributed by atoms with van der Waals surface area (Å²) in [6, 6.07) is 4.66. The minimum atomic E-state index is -2.51. The number of hydrogen-bond acceptors (Lipinski definition) is 2. The molecule has 0 unspecified atom stereocenters. The number of nitrogens with zero attached hydrogens (tertiary/aromatic N) is 2. The molecular formula is C12H10BrF2N3O. The lowest BCUT2D eigenvalue weighted by Crippen LogP contribution is -2.19. The van der Waals surface area contributed by atoms with E-state index in [2.05, 4.69) is 26.2 Å². The van der Waals surface area contributed by atoms with Crippen molar-refractivity contribution in [2.45, 2.75) is 13.0 Å². The maximum absolute atomic E-state index is 12.4. The van der Waals surface area contributed by atoms with Crippen molar-refractivity contribution >= 4 is 27.5 Å². The van der Waals surface area contributed by atoms with E-state index in [0.29, 0.717) is 10.2 Å². The predicted molar refractivity (Wildman–Crippen MR) is 70.3 cm³/mol. The number of carbonyl (C=O) groups excluding carboxylic acids is 1. The van der Waals surface area contributed by atoms with Crippen molar-refractivity contribution in [3.05, 3.63) is 47.0 Å². The van der Waals surface area contributed by atoms with Crippen LogP contribution in [0.1, 0.15) is 10.5 Å². The zero-order chi connectivity index (χ0) is 13.8. The van der Waals surface area contributed by atoms with Crippen molar-refractivity contribution in [1.29, 1.82) is 0 Å². The predicted octanol–water partition coefficient (Wildman–Crippen LogP) is 3.16. The fourth-order valence-corrected chi connectivity index (χ4v) is 1.94. The largest absolute Gasteiger partial charge is 0.338 e. The zero-order valence-corrected chi connectivity index (χ0v) is 11.3. The molecule has 0 saturated heterocycles. The summed E-state index contributed by atoms with van der Waals surface area (Å²) >= 11 is 3.24. The first-order chi connectivity index (χ1) is 9.08. The van der Waals surface area contributed by atoms with Crippen molar-refractivity contribution in [2.24, 2.45) is 0 Å². The van der Waals surface area contributed by atoms with E-state index < -0.39 is 18.9 Å². The summed E-state index contributed by atoms with van der Waals surface area (Å²) in [7, 11) is 0. The van der Waals surface area contributed by atoms with Crippen LogP contribution in [-0.4, -0.2) is 21.9 Å². The van der Waals surface area contributed by atoms with Gasteiger partial charge < -0.3 is 9.88 Å². The maximum atomic E-state index is 12.4. The first-order valence-corrected chi connectivity index (χ1v) is 6.21. The lowest BCUT2D eigenvalue weighted by atomic mass is 10.3. The number of anilines is 1. The van der Waals surface area contributed by atoms with Crippen LogP contribution < -0.4 is 5.32 Å². The van der Waals surface area contributed by atoms with Gasteiger partial charge in [-0.2, -0.15) is 0 Å². The average Bonchev–Trinajstić information content (AvgIpc) is 2.79. The van der Waals surface area contributed by atoms with Crippen molar-refractivity contribution in [3.8, 4) is 0 Å². The number of amides is 1. The third kappa shape index (κ3) is 3.37. The number of hydrogen-bond donors (Lipinski definition) is 1. The molecule has 0 fully saturated rings. The number of aromatic nitrogens is 2. The van der Waals surface area contributed by atoms with Crippen molar-refractivity contribution in [3.63, 3.8) is 0 Å². The second kappa shape index (κ2) is 5.92. The molecule has 0 saturated carbocycles. The fourth-order valence-electron chi connectivity index (χ4n) is 1.59. The van der Waals surface area contributed by atoms with Gasteiger partial charge in [-0.1, -0.05) is 0 Å². The van der Waals surface area contributed by atoms with Crippen molar-refractivity contribution in [1.82, 2.24) is 9.55 Å². The molecule has 100 valence electrons. The Labute approximate surface area is 116 Å². The molecule has 2 aromatic heterocycles. The molecule has 0 bridgehead atoms. The van der Waals surface area contributed by atoms with Gasteiger partial charge in [-0.3, -0.25) is 9.78 Å². The number of rotatable bonds is 4. The Morgan fingerprint density at radius 3 is 2.95 bits per heavy atom. The molecule has 0 aliphatic rings. The van der Waals surface area contributed by atoms with E-state index >= 15 is 0 Å². The molecule has 7 heteroatoms. The van der Waals surface area contributed by atoms with Crippen LogP contribution in [0, 0.1) is 0 Å². The molecule has 0 atom stereocenters. The van der Waals surface area contributed by atoms with Crippen LogP contribution >= 0.6 is 15.9 Å². The molecule has 4 nitrogen and oxygen atoms in total. The van der Waals surface area contributed by atoms with Gasteiger partial charge in [0.15, 0.2) is 0 Å². The van der Waals surface area contributed by atoms with Crippen LogP contribution in [-0.2, 0) is 6.54 Å². The second-order valence-electron chi connectivity index (χ2n) is 3.75. The number of halogens is 3. The number of pyridine rings is 1. The Bertz CT molecular complexity index is 586. The van der Waals surface area contributed by atoms with Crippen LogP contribution in [0.4, 0.5) is 14.5 Å². The highest BCUT2D eigenvalue weighted by atomic mass is 79.9. The van der Waals surface area contributed by atoms with Gasteiger partial charge in [-0.05, 0) is 34.1 Å². The lowest BCUT2D eigenvalue weighted by Gasteiger charge is -2.10. The molecule has 0 aromatic carbocycles. The topological polar surface area (TPSA) is 46.9 Å². The van der Waals surface area contributed by atoms with Crippen LogP contribution in [0.5, 0.6) is 0 Å². The standard InChI is InChI=1S/C12H10BrF2N3O/c13-8-6-16-4-3-9(8)17-12(19)10-2-1-5-18(10)7-11(14)15/h1-6,11H,7H2,(H,16,17,19). The fraction of sp³-hybridized carbons (Fsp3) is 0.167. The minimum absolute atomic E-state index is 0.184. The smallest absolute Gasteiger partial charge is 0.272 e. The summed E-state index contributed by atoms with van der Waals surface area (Å²) < 4.78 is 26.6. The van der Waals surface area contributed by atoms with Gasteiger partial charge >= 0.3 is 0 Å². The zero-order valence-electron chi connectivity index (χ0n) is 9.69. The van der Waals surface area contributed by atoms with Gasteiger partial charge in [0.05, 0.1) is 16.7 Å². The Morgan fingerprint density at radius 1 is 1.47 bits per heavy atom. The third-order valence-corrected chi connectivity index (χ3v) is 3.05. The Morgan fingerprint density at radius 2 is 2.26 bits per heavy atom.